The molecular formula is C17H21NO5. The van der Waals surface area contributed by atoms with Gasteiger partial charge >= 0.3 is 11.9 Å². The topological polar surface area (TPSA) is 92.7 Å². The quantitative estimate of drug-likeness (QED) is 0.814. The second-order valence-corrected chi connectivity index (χ2v) is 6.04. The SMILES string of the molecule is COC(=O)c1ccc(NC(=O)CC2(C(=O)O)CCCC2)c(C)c1. The molecule has 23 heavy (non-hydrogen) atoms. The number of esters is 1. The van der Waals surface area contributed by atoms with Gasteiger partial charge in [0.25, 0.3) is 0 Å². The molecule has 1 fully saturated rings. The van der Waals surface area contributed by atoms with Gasteiger partial charge < -0.3 is 15.2 Å². The monoisotopic (exact) mass is 319 g/mol. The summed E-state index contributed by atoms with van der Waals surface area (Å²) in [4.78, 5) is 35.2. The van der Waals surface area contributed by atoms with Crippen molar-refractivity contribution in [1.29, 1.82) is 0 Å². The van der Waals surface area contributed by atoms with Crippen LogP contribution in [0.3, 0.4) is 0 Å². The summed E-state index contributed by atoms with van der Waals surface area (Å²) in [5.41, 5.74) is 0.753. The van der Waals surface area contributed by atoms with Gasteiger partial charge in [0.05, 0.1) is 18.1 Å². The number of amides is 1. The average molecular weight is 319 g/mol. The lowest BCUT2D eigenvalue weighted by molar-refractivity contribution is -0.150. The predicted octanol–water partition coefficient (Wildman–Crippen LogP) is 2.76. The second-order valence-electron chi connectivity index (χ2n) is 6.04. The summed E-state index contributed by atoms with van der Waals surface area (Å²) in [6.07, 6.45) is 2.73. The molecule has 0 spiro atoms. The second kappa shape index (κ2) is 6.81. The van der Waals surface area contributed by atoms with Crippen molar-refractivity contribution in [3.8, 4) is 0 Å². The molecule has 1 aromatic rings. The molecule has 0 bridgehead atoms. The lowest BCUT2D eigenvalue weighted by atomic mass is 9.82. The van der Waals surface area contributed by atoms with Crippen molar-refractivity contribution >= 4 is 23.5 Å². The Morgan fingerprint density at radius 1 is 1.26 bits per heavy atom. The van der Waals surface area contributed by atoms with E-state index in [0.717, 1.165) is 18.4 Å². The Kier molecular flexibility index (Phi) is 5.03. The van der Waals surface area contributed by atoms with Crippen LogP contribution in [0, 0.1) is 12.3 Å². The van der Waals surface area contributed by atoms with Crippen molar-refractivity contribution in [1.82, 2.24) is 0 Å². The highest BCUT2D eigenvalue weighted by Gasteiger charge is 2.42. The molecule has 1 amide bonds. The Bertz CT molecular complexity index is 632. The third-order valence-corrected chi connectivity index (χ3v) is 4.43. The largest absolute Gasteiger partial charge is 0.481 e. The van der Waals surface area contributed by atoms with Gasteiger partial charge in [-0.2, -0.15) is 0 Å². The number of carboxylic acid groups (broad SMARTS) is 1. The zero-order valence-corrected chi connectivity index (χ0v) is 13.3. The molecule has 2 rings (SSSR count). The minimum Gasteiger partial charge on any atom is -0.481 e. The molecule has 2 N–H and O–H groups in total. The maximum atomic E-state index is 12.2. The van der Waals surface area contributed by atoms with Gasteiger partial charge in [0, 0.05) is 12.1 Å². The summed E-state index contributed by atoms with van der Waals surface area (Å²) in [5.74, 6) is -1.66. The molecule has 0 atom stereocenters. The molecule has 6 heteroatoms. The molecule has 6 nitrogen and oxygen atoms in total. The summed E-state index contributed by atoms with van der Waals surface area (Å²) in [6, 6.07) is 4.82. The maximum Gasteiger partial charge on any atom is 0.337 e. The molecular weight excluding hydrogens is 298 g/mol. The van der Waals surface area contributed by atoms with Crippen LogP contribution < -0.4 is 5.32 Å². The minimum absolute atomic E-state index is 0.0273. The minimum atomic E-state index is -0.941. The number of carbonyl (C=O) groups is 3. The van der Waals surface area contributed by atoms with Gasteiger partial charge in [-0.1, -0.05) is 12.8 Å². The Labute approximate surface area is 134 Å². The molecule has 1 aromatic carbocycles. The van der Waals surface area contributed by atoms with Crippen molar-refractivity contribution in [2.24, 2.45) is 5.41 Å². The number of carboxylic acids is 1. The summed E-state index contributed by atoms with van der Waals surface area (Å²) in [5, 5.41) is 12.2. The third kappa shape index (κ3) is 3.70. The van der Waals surface area contributed by atoms with Gasteiger partial charge in [0.2, 0.25) is 5.91 Å². The van der Waals surface area contributed by atoms with Crippen LogP contribution in [0.1, 0.15) is 48.0 Å². The highest BCUT2D eigenvalue weighted by Crippen LogP contribution is 2.41. The number of rotatable bonds is 5. The molecule has 124 valence electrons. The van der Waals surface area contributed by atoms with Crippen molar-refractivity contribution in [2.45, 2.75) is 39.0 Å². The van der Waals surface area contributed by atoms with Gasteiger partial charge in [-0.15, -0.1) is 0 Å². The number of methoxy groups -OCH3 is 1. The number of hydrogen-bond donors (Lipinski definition) is 2. The molecule has 0 aromatic heterocycles. The molecule has 1 aliphatic rings. The van der Waals surface area contributed by atoms with Crippen molar-refractivity contribution < 1.29 is 24.2 Å². The zero-order chi connectivity index (χ0) is 17.0. The smallest absolute Gasteiger partial charge is 0.337 e. The van der Waals surface area contributed by atoms with Crippen LogP contribution in [0.15, 0.2) is 18.2 Å². The van der Waals surface area contributed by atoms with E-state index in [1.165, 1.54) is 7.11 Å². The lowest BCUT2D eigenvalue weighted by Gasteiger charge is -2.23. The highest BCUT2D eigenvalue weighted by atomic mass is 16.5. The number of benzene rings is 1. The molecule has 1 aliphatic carbocycles. The summed E-state index contributed by atoms with van der Waals surface area (Å²) >= 11 is 0. The van der Waals surface area contributed by atoms with Crippen LogP contribution >= 0.6 is 0 Å². The van der Waals surface area contributed by atoms with Crippen LogP contribution in [0.25, 0.3) is 0 Å². The fourth-order valence-corrected chi connectivity index (χ4v) is 3.07. The van der Waals surface area contributed by atoms with E-state index >= 15 is 0 Å². The lowest BCUT2D eigenvalue weighted by Crippen LogP contribution is -2.32. The fraction of sp³-hybridized carbons (Fsp3) is 0.471. The zero-order valence-electron chi connectivity index (χ0n) is 13.3. The summed E-state index contributed by atoms with van der Waals surface area (Å²) in [6.45, 7) is 1.77. The first-order valence-corrected chi connectivity index (χ1v) is 7.60. The van der Waals surface area contributed by atoms with Gasteiger partial charge in [-0.05, 0) is 43.5 Å². The van der Waals surface area contributed by atoms with Crippen molar-refractivity contribution in [3.05, 3.63) is 29.3 Å². The number of nitrogens with one attached hydrogen (secondary N) is 1. The van der Waals surface area contributed by atoms with Crippen LogP contribution in [-0.4, -0.2) is 30.1 Å². The van der Waals surface area contributed by atoms with Gasteiger partial charge in [-0.3, -0.25) is 9.59 Å². The van der Waals surface area contributed by atoms with Gasteiger partial charge in [0.15, 0.2) is 0 Å². The molecule has 1 saturated carbocycles. The molecule has 0 aliphatic heterocycles. The predicted molar refractivity (Wildman–Crippen MR) is 84.3 cm³/mol. The van der Waals surface area contributed by atoms with Crippen LogP contribution in [0.5, 0.6) is 0 Å². The van der Waals surface area contributed by atoms with Crippen LogP contribution in [-0.2, 0) is 14.3 Å². The number of carbonyl (C=O) groups excluding carboxylic acids is 2. The first kappa shape index (κ1) is 17.0. The third-order valence-electron chi connectivity index (χ3n) is 4.43. The molecule has 0 radical (unpaired) electrons. The fourth-order valence-electron chi connectivity index (χ4n) is 3.07. The van der Waals surface area contributed by atoms with E-state index in [4.69, 9.17) is 0 Å². The van der Waals surface area contributed by atoms with Gasteiger partial charge in [-0.25, -0.2) is 4.79 Å². The van der Waals surface area contributed by atoms with Crippen LogP contribution in [0.2, 0.25) is 0 Å². The number of aliphatic carboxylic acids is 1. The van der Waals surface area contributed by atoms with Crippen LogP contribution in [0.4, 0.5) is 5.69 Å². The summed E-state index contributed by atoms with van der Waals surface area (Å²) in [7, 11) is 1.31. The van der Waals surface area contributed by atoms with Gasteiger partial charge in [0.1, 0.15) is 0 Å². The van der Waals surface area contributed by atoms with E-state index in [2.05, 4.69) is 10.1 Å². The number of anilines is 1. The van der Waals surface area contributed by atoms with Crippen molar-refractivity contribution in [2.75, 3.05) is 12.4 Å². The van der Waals surface area contributed by atoms with E-state index in [1.807, 2.05) is 0 Å². The Morgan fingerprint density at radius 2 is 1.91 bits per heavy atom. The summed E-state index contributed by atoms with van der Waals surface area (Å²) < 4.78 is 4.65. The van der Waals surface area contributed by atoms with Crippen molar-refractivity contribution in [3.63, 3.8) is 0 Å². The Balaban J connectivity index is 2.08. The highest BCUT2D eigenvalue weighted by molar-refractivity contribution is 5.96. The Hall–Kier alpha value is -2.37. The van der Waals surface area contributed by atoms with E-state index in [1.54, 1.807) is 25.1 Å². The Morgan fingerprint density at radius 3 is 2.43 bits per heavy atom. The molecule has 0 heterocycles. The van der Waals surface area contributed by atoms with E-state index in [0.29, 0.717) is 24.1 Å². The van der Waals surface area contributed by atoms with E-state index in [-0.39, 0.29) is 12.3 Å². The van der Waals surface area contributed by atoms with E-state index < -0.39 is 17.4 Å². The standard InChI is InChI=1S/C17H21NO5/c1-11-9-12(15(20)23-2)5-6-13(11)18-14(19)10-17(16(21)22)7-3-4-8-17/h5-6,9H,3-4,7-8,10H2,1-2H3,(H,18,19)(H,21,22). The molecule has 0 saturated heterocycles. The number of hydrogen-bond acceptors (Lipinski definition) is 4. The normalized spacial score (nSPS) is 15.9. The maximum absolute atomic E-state index is 12.2. The molecule has 0 unspecified atom stereocenters. The first-order chi connectivity index (χ1) is 10.9. The first-order valence-electron chi connectivity index (χ1n) is 7.60. The number of aryl methyl sites for hydroxylation is 1. The number of ether oxygens (including phenoxy) is 1. The average Bonchev–Trinajstić information content (AvgIpc) is 2.98. The van der Waals surface area contributed by atoms with E-state index in [9.17, 15) is 19.5 Å².